The Morgan fingerprint density at radius 3 is 2.19 bits per heavy atom. The molecule has 2 aromatic carbocycles. The molecule has 0 saturated heterocycles. The van der Waals surface area contributed by atoms with Crippen molar-refractivity contribution in [1.29, 1.82) is 0 Å². The Kier molecular flexibility index (Phi) is 9.90. The molecular weight excluding hydrogens is 466 g/mol. The summed E-state index contributed by atoms with van der Waals surface area (Å²) in [5, 5.41) is 5.61. The molecule has 2 atom stereocenters. The van der Waals surface area contributed by atoms with Crippen molar-refractivity contribution in [3.05, 3.63) is 64.7 Å². The van der Waals surface area contributed by atoms with Crippen molar-refractivity contribution < 1.29 is 19.1 Å². The second kappa shape index (κ2) is 12.4. The highest BCUT2D eigenvalue weighted by atomic mass is 16.6. The van der Waals surface area contributed by atoms with E-state index in [0.717, 1.165) is 21.6 Å². The Labute approximate surface area is 221 Å². The maximum Gasteiger partial charge on any atom is 0.408 e. The van der Waals surface area contributed by atoms with Gasteiger partial charge >= 0.3 is 6.09 Å². The smallest absolute Gasteiger partial charge is 0.408 e. The van der Waals surface area contributed by atoms with Crippen molar-refractivity contribution in [3.63, 3.8) is 0 Å². The van der Waals surface area contributed by atoms with E-state index in [1.54, 1.807) is 32.9 Å². The van der Waals surface area contributed by atoms with Gasteiger partial charge in [-0.15, -0.1) is 0 Å². The number of carbonyl (C=O) groups excluding carboxylic acids is 3. The number of ether oxygens (including phenoxy) is 1. The molecule has 37 heavy (non-hydrogen) atoms. The van der Waals surface area contributed by atoms with Gasteiger partial charge in [0, 0.05) is 11.7 Å². The molecule has 7 heteroatoms. The van der Waals surface area contributed by atoms with Gasteiger partial charge in [0.2, 0.25) is 0 Å². The number of carbonyl (C=O) groups is 3. The molecular formula is C30H39N3O4. The van der Waals surface area contributed by atoms with E-state index in [-0.39, 0.29) is 5.92 Å². The van der Waals surface area contributed by atoms with Crippen LogP contribution in [-0.2, 0) is 14.3 Å². The molecule has 0 aliphatic carbocycles. The van der Waals surface area contributed by atoms with Crippen LogP contribution in [0.5, 0.6) is 0 Å². The number of alkyl carbamates (subject to hydrolysis) is 1. The summed E-state index contributed by atoms with van der Waals surface area (Å²) in [6.45, 7) is 14.8. The lowest BCUT2D eigenvalue weighted by Crippen LogP contribution is -2.51. The fourth-order valence-corrected chi connectivity index (χ4v) is 3.96. The molecule has 2 N–H and O–H groups in total. The number of nitrogens with one attached hydrogen (secondary N) is 2. The normalized spacial score (nSPS) is 12.8. The molecule has 0 fully saturated rings. The van der Waals surface area contributed by atoms with Crippen LogP contribution in [-0.4, -0.2) is 34.5 Å². The molecule has 0 bridgehead atoms. The number of hydrogen-bond donors (Lipinski definition) is 2. The van der Waals surface area contributed by atoms with Gasteiger partial charge in [-0.2, -0.15) is 0 Å². The SMILES string of the molecule is C#CN(C(=O)C(CC(C)C)NC(=O)OC(C)(C)C)C(C(=O)Nc1ccccc1C)c1cccc(C)c1C. The Morgan fingerprint density at radius 2 is 1.62 bits per heavy atom. The molecule has 0 aromatic heterocycles. The largest absolute Gasteiger partial charge is 0.444 e. The summed E-state index contributed by atoms with van der Waals surface area (Å²) in [4.78, 5) is 41.3. The average Bonchev–Trinajstić information content (AvgIpc) is 2.78. The van der Waals surface area contributed by atoms with E-state index in [9.17, 15) is 14.4 Å². The Balaban J connectivity index is 2.53. The lowest BCUT2D eigenvalue weighted by atomic mass is 9.94. The van der Waals surface area contributed by atoms with Crippen molar-refractivity contribution in [1.82, 2.24) is 10.2 Å². The first-order chi connectivity index (χ1) is 17.2. The first kappa shape index (κ1) is 29.4. The maximum atomic E-state index is 13.9. The summed E-state index contributed by atoms with van der Waals surface area (Å²) in [5.41, 5.74) is 3.17. The van der Waals surface area contributed by atoms with Gasteiger partial charge in [0.1, 0.15) is 17.7 Å². The van der Waals surface area contributed by atoms with Gasteiger partial charge in [0.05, 0.1) is 0 Å². The number of rotatable bonds is 8. The molecule has 198 valence electrons. The highest BCUT2D eigenvalue weighted by Gasteiger charge is 2.37. The van der Waals surface area contributed by atoms with Gasteiger partial charge in [0.25, 0.3) is 11.8 Å². The van der Waals surface area contributed by atoms with Crippen LogP contribution in [0.3, 0.4) is 0 Å². The second-order valence-electron chi connectivity index (χ2n) is 10.7. The molecule has 0 spiro atoms. The Bertz CT molecular complexity index is 1170. The minimum absolute atomic E-state index is 0.0588. The molecule has 0 heterocycles. The van der Waals surface area contributed by atoms with Gasteiger partial charge in [0.15, 0.2) is 0 Å². The zero-order chi connectivity index (χ0) is 27.9. The second-order valence-corrected chi connectivity index (χ2v) is 10.7. The molecule has 7 nitrogen and oxygen atoms in total. The van der Waals surface area contributed by atoms with Gasteiger partial charge in [-0.25, -0.2) is 4.79 Å². The number of amides is 3. The van der Waals surface area contributed by atoms with Crippen LogP contribution in [0.4, 0.5) is 10.5 Å². The zero-order valence-corrected chi connectivity index (χ0v) is 23.1. The number of nitrogens with zero attached hydrogens (tertiary/aromatic N) is 1. The summed E-state index contributed by atoms with van der Waals surface area (Å²) < 4.78 is 5.38. The minimum Gasteiger partial charge on any atom is -0.444 e. The molecule has 0 aliphatic heterocycles. The van der Waals surface area contributed by atoms with E-state index >= 15 is 0 Å². The lowest BCUT2D eigenvalue weighted by Gasteiger charge is -2.32. The Morgan fingerprint density at radius 1 is 1.00 bits per heavy atom. The van der Waals surface area contributed by atoms with Crippen LogP contribution >= 0.6 is 0 Å². The van der Waals surface area contributed by atoms with E-state index in [2.05, 4.69) is 16.7 Å². The van der Waals surface area contributed by atoms with Crippen molar-refractivity contribution in [3.8, 4) is 12.5 Å². The zero-order valence-electron chi connectivity index (χ0n) is 23.1. The molecule has 2 unspecified atom stereocenters. The topological polar surface area (TPSA) is 87.7 Å². The third-order valence-electron chi connectivity index (χ3n) is 5.92. The van der Waals surface area contributed by atoms with Gasteiger partial charge in [-0.3, -0.25) is 14.5 Å². The summed E-state index contributed by atoms with van der Waals surface area (Å²) in [6.07, 6.45) is 5.48. The van der Waals surface area contributed by atoms with E-state index in [4.69, 9.17) is 11.2 Å². The number of hydrogen-bond acceptors (Lipinski definition) is 4. The predicted octanol–water partition coefficient (Wildman–Crippen LogP) is 5.65. The molecule has 0 aliphatic rings. The van der Waals surface area contributed by atoms with Crippen LogP contribution in [0.15, 0.2) is 42.5 Å². The van der Waals surface area contributed by atoms with Crippen LogP contribution in [0.1, 0.15) is 69.3 Å². The quantitative estimate of drug-likeness (QED) is 0.358. The van der Waals surface area contributed by atoms with Gasteiger partial charge < -0.3 is 15.4 Å². The number of aryl methyl sites for hydroxylation is 2. The first-order valence-electron chi connectivity index (χ1n) is 12.5. The molecule has 3 amide bonds. The third kappa shape index (κ3) is 8.11. The number of benzene rings is 2. The number of terminal acetylenes is 1. The number of para-hydroxylation sites is 1. The maximum absolute atomic E-state index is 13.9. The monoisotopic (exact) mass is 505 g/mol. The van der Waals surface area contributed by atoms with Crippen molar-refractivity contribution in [2.75, 3.05) is 5.32 Å². The van der Waals surface area contributed by atoms with E-state index < -0.39 is 35.6 Å². The van der Waals surface area contributed by atoms with Crippen LogP contribution < -0.4 is 10.6 Å². The average molecular weight is 506 g/mol. The summed E-state index contributed by atoms with van der Waals surface area (Å²) in [5.74, 6) is -0.953. The molecule has 0 saturated carbocycles. The van der Waals surface area contributed by atoms with E-state index in [1.807, 2.05) is 65.0 Å². The fraction of sp³-hybridized carbons (Fsp3) is 0.433. The first-order valence-corrected chi connectivity index (χ1v) is 12.5. The Hall–Kier alpha value is -3.79. The van der Waals surface area contributed by atoms with E-state index in [1.165, 1.54) is 0 Å². The summed E-state index contributed by atoms with van der Waals surface area (Å²) >= 11 is 0. The van der Waals surface area contributed by atoms with E-state index in [0.29, 0.717) is 17.7 Å². The minimum atomic E-state index is -1.12. The lowest BCUT2D eigenvalue weighted by molar-refractivity contribution is -0.137. The van der Waals surface area contributed by atoms with Crippen molar-refractivity contribution in [2.24, 2.45) is 5.92 Å². The number of anilines is 1. The summed E-state index contributed by atoms with van der Waals surface area (Å²) in [7, 11) is 0. The summed E-state index contributed by atoms with van der Waals surface area (Å²) in [6, 6.07) is 13.3. The van der Waals surface area contributed by atoms with Crippen molar-refractivity contribution in [2.45, 2.75) is 79.5 Å². The van der Waals surface area contributed by atoms with Crippen molar-refractivity contribution >= 4 is 23.6 Å². The van der Waals surface area contributed by atoms with Crippen LogP contribution in [0.25, 0.3) is 0 Å². The third-order valence-corrected chi connectivity index (χ3v) is 5.92. The highest BCUT2D eigenvalue weighted by Crippen LogP contribution is 2.29. The van der Waals surface area contributed by atoms with Gasteiger partial charge in [-0.1, -0.05) is 56.7 Å². The molecule has 2 rings (SSSR count). The molecule has 2 aromatic rings. The molecule has 0 radical (unpaired) electrons. The van der Waals surface area contributed by atoms with Crippen LogP contribution in [0, 0.1) is 39.2 Å². The van der Waals surface area contributed by atoms with Crippen LogP contribution in [0.2, 0.25) is 0 Å². The fourth-order valence-electron chi connectivity index (χ4n) is 3.96. The standard InChI is InChI=1S/C30H39N3O4/c1-10-33(28(35)25(18-19(2)3)32-29(36)37-30(7,8)9)26(23-16-13-15-20(4)22(23)6)27(34)31-24-17-12-11-14-21(24)5/h1,11-17,19,25-26H,18H2,2-9H3,(H,31,34)(H,32,36). The predicted molar refractivity (Wildman–Crippen MR) is 147 cm³/mol. The van der Waals surface area contributed by atoms with Gasteiger partial charge in [-0.05, 0) is 82.2 Å². The highest BCUT2D eigenvalue weighted by molar-refractivity contribution is 6.00.